The molecule has 5 rings (SSSR count). The number of aliphatic carboxylic acids is 1. The largest absolute Gasteiger partial charge is 0.508 e. The van der Waals surface area contributed by atoms with Crippen LogP contribution in [0.2, 0.25) is 0 Å². The van der Waals surface area contributed by atoms with Crippen molar-refractivity contribution in [2.45, 2.75) is 55.8 Å². The number of amides is 4. The van der Waals surface area contributed by atoms with Crippen LogP contribution in [0.15, 0.2) is 88.1 Å². The normalized spacial score (nSPS) is 12.9. The average Bonchev–Trinajstić information content (AvgIpc) is 3.22. The van der Waals surface area contributed by atoms with Gasteiger partial charge < -0.3 is 45.7 Å². The van der Waals surface area contributed by atoms with Crippen LogP contribution >= 0.6 is 0 Å². The maximum absolute atomic E-state index is 13.2. The number of phenols is 1. The molecule has 1 aliphatic heterocycles. The molecule has 1 aliphatic carbocycles. The van der Waals surface area contributed by atoms with Crippen LogP contribution in [0.4, 0.5) is 4.79 Å². The molecule has 0 fully saturated rings. The molecule has 3 aromatic carbocycles. The quantitative estimate of drug-likeness (QED) is 0.0367. The Morgan fingerprint density at radius 2 is 1.43 bits per heavy atom. The summed E-state index contributed by atoms with van der Waals surface area (Å²) in [5.41, 5.74) is 0.754. The number of aromatic carboxylic acids is 1. The van der Waals surface area contributed by atoms with E-state index in [9.17, 15) is 65.2 Å². The minimum absolute atomic E-state index is 0.00688. The fourth-order valence-electron chi connectivity index (χ4n) is 6.72. The number of rotatable bonds is 17. The Morgan fingerprint density at radius 3 is 2.06 bits per heavy atom. The smallest absolute Gasteiger partial charge is 0.407 e. The number of carbonyl (C=O) groups excluding carboxylic acids is 4. The van der Waals surface area contributed by atoms with Crippen LogP contribution in [0, 0.1) is 11.8 Å². The van der Waals surface area contributed by atoms with Crippen LogP contribution in [0.25, 0.3) is 33.4 Å². The van der Waals surface area contributed by atoms with E-state index in [2.05, 4.69) is 27.8 Å². The Bertz CT molecular complexity index is 3150. The zero-order valence-electron chi connectivity index (χ0n) is 36.6. The molecular formula is C45H44N4O18S2. The van der Waals surface area contributed by atoms with Crippen LogP contribution < -0.4 is 26.7 Å². The zero-order chi connectivity index (χ0) is 51.0. The van der Waals surface area contributed by atoms with E-state index in [-0.39, 0.29) is 52.2 Å². The third-order valence-electron chi connectivity index (χ3n) is 9.85. The summed E-state index contributed by atoms with van der Waals surface area (Å²) in [4.78, 5) is 87.4. The molecular weight excluding hydrogens is 949 g/mol. The Morgan fingerprint density at radius 1 is 0.783 bits per heavy atom. The second-order valence-electron chi connectivity index (χ2n) is 16.2. The Hall–Kier alpha value is -7.85. The highest BCUT2D eigenvalue weighted by Crippen LogP contribution is 2.42. The van der Waals surface area contributed by atoms with E-state index in [1.165, 1.54) is 48.5 Å². The molecule has 4 amide bonds. The van der Waals surface area contributed by atoms with Gasteiger partial charge in [-0.25, -0.2) is 9.59 Å². The summed E-state index contributed by atoms with van der Waals surface area (Å²) < 4.78 is 76.5. The molecule has 24 heteroatoms. The molecule has 0 radical (unpaired) electrons. The lowest BCUT2D eigenvalue weighted by atomic mass is 9.90. The number of carbonyl (C=O) groups is 6. The minimum Gasteiger partial charge on any atom is -0.508 e. The molecule has 0 saturated heterocycles. The van der Waals surface area contributed by atoms with Crippen molar-refractivity contribution in [3.05, 3.63) is 111 Å². The molecule has 0 aromatic heterocycles. The summed E-state index contributed by atoms with van der Waals surface area (Å²) >= 11 is 0. The monoisotopic (exact) mass is 992 g/mol. The predicted molar refractivity (Wildman–Crippen MR) is 245 cm³/mol. The third kappa shape index (κ3) is 14.3. The highest BCUT2D eigenvalue weighted by atomic mass is 32.2. The molecule has 1 heterocycles. The van der Waals surface area contributed by atoms with Gasteiger partial charge >= 0.3 is 18.0 Å². The van der Waals surface area contributed by atoms with E-state index in [4.69, 9.17) is 18.8 Å². The first kappa shape index (κ1) is 52.1. The summed E-state index contributed by atoms with van der Waals surface area (Å²) in [6.45, 7) is 2.26. The Balaban J connectivity index is 1.24. The number of benzene rings is 4. The second-order valence-corrected chi connectivity index (χ2v) is 19.4. The van der Waals surface area contributed by atoms with Crippen molar-refractivity contribution in [2.75, 3.05) is 19.6 Å². The van der Waals surface area contributed by atoms with Gasteiger partial charge in [0.1, 0.15) is 22.7 Å². The van der Waals surface area contributed by atoms with Gasteiger partial charge in [-0.05, 0) is 86.8 Å². The second kappa shape index (κ2) is 21.4. The number of aromatic hydroxyl groups is 1. The van der Waals surface area contributed by atoms with Crippen molar-refractivity contribution in [1.29, 1.82) is 0 Å². The van der Waals surface area contributed by atoms with Crippen molar-refractivity contribution in [3.8, 4) is 40.0 Å². The molecule has 0 bridgehead atoms. The first-order valence-electron chi connectivity index (χ1n) is 20.3. The molecule has 0 spiro atoms. The number of nitrogens with one attached hydrogen (secondary N) is 4. The van der Waals surface area contributed by atoms with Crippen molar-refractivity contribution in [3.63, 3.8) is 0 Å². The third-order valence-corrected chi connectivity index (χ3v) is 12.0. The summed E-state index contributed by atoms with van der Waals surface area (Å²) in [6, 6.07) is 17.8. The number of hydrogen-bond acceptors (Lipinski definition) is 14. The molecule has 3 aromatic rings. The zero-order valence-corrected chi connectivity index (χ0v) is 38.3. The van der Waals surface area contributed by atoms with Crippen LogP contribution in [-0.4, -0.2) is 119 Å². The highest BCUT2D eigenvalue weighted by Gasteiger charge is 2.36. The number of hydrogen-bond donors (Lipinski definition) is 9. The summed E-state index contributed by atoms with van der Waals surface area (Å²) in [5, 5.41) is 33.8. The van der Waals surface area contributed by atoms with E-state index < -0.39 is 97.6 Å². The van der Waals surface area contributed by atoms with Gasteiger partial charge in [-0.3, -0.25) is 33.1 Å². The van der Waals surface area contributed by atoms with Crippen molar-refractivity contribution in [2.24, 2.45) is 0 Å². The number of phenolic OH excluding ortho intramolecular Hbond substituents is 1. The Kier molecular flexibility index (Phi) is 16.2. The van der Waals surface area contributed by atoms with E-state index in [0.717, 1.165) is 0 Å². The van der Waals surface area contributed by atoms with E-state index in [1.807, 2.05) is 0 Å². The Labute approximate surface area is 392 Å². The molecule has 0 saturated carbocycles. The number of carboxylic acid groups (broad SMARTS) is 2. The fourth-order valence-corrected chi connectivity index (χ4v) is 7.92. The van der Waals surface area contributed by atoms with Crippen LogP contribution in [0.5, 0.6) is 5.75 Å². The molecule has 3 unspecified atom stereocenters. The van der Waals surface area contributed by atoms with Gasteiger partial charge in [0.25, 0.3) is 26.1 Å². The van der Waals surface area contributed by atoms with Gasteiger partial charge in [0.05, 0.1) is 12.1 Å². The van der Waals surface area contributed by atoms with E-state index >= 15 is 0 Å². The molecule has 364 valence electrons. The van der Waals surface area contributed by atoms with Gasteiger partial charge in [0.2, 0.25) is 17.1 Å². The number of fused-ring (bicyclic) bond motifs is 2. The van der Waals surface area contributed by atoms with E-state index in [1.54, 1.807) is 56.4 Å². The number of ether oxygens (including phenoxy) is 1. The van der Waals surface area contributed by atoms with Gasteiger partial charge in [-0.15, -0.1) is 0 Å². The minimum atomic E-state index is -5.28. The average molecular weight is 993 g/mol. The van der Waals surface area contributed by atoms with Crippen LogP contribution in [-0.2, 0) is 45.8 Å². The molecule has 69 heavy (non-hydrogen) atoms. The molecule has 9 N–H and O–H groups in total. The topological polar surface area (TPSA) is 359 Å². The molecule has 3 atom stereocenters. The standard InChI is InChI=1S/C45H44N4O18S2/c1-45(2,3)67-44(59)49-27(19-38(52)47-22-36(68(60,61)62)41(54)48-23-37(43(57)58)69(63,64)65)17-25-8-6-24(7-9-25)5-4-16-46-40(53)26-10-13-30(33(18-26)42(55)56)39-31-14-11-28(50)20-34(31)66-35-21-29(51)12-15-32(35)39/h6-15,18,20-21,27,36-37,50H,16-17,19,22-23H2,1-3H3,(H,46,53)(H,47,52)(H,48,54)(H,49,59)(H,55,56)(H,57,58)(H,60,61,62)(H,63,64,65). The molecule has 22 nitrogen and oxygen atoms in total. The SMILES string of the molecule is CC(C)(C)OC(=O)NC(CC(=O)NCC(C(=O)NCC(C(=O)O)S(=O)(=O)O)S(=O)(=O)O)Cc1ccc(C#CCNC(=O)c2ccc(-c3c4ccc(=O)cc-4oc4cc(O)ccc34)c(C(=O)O)c2)cc1. The summed E-state index contributed by atoms with van der Waals surface area (Å²) in [6.07, 6.45) is -1.47. The van der Waals surface area contributed by atoms with Crippen molar-refractivity contribution >= 4 is 67.0 Å². The van der Waals surface area contributed by atoms with Gasteiger partial charge in [-0.2, -0.15) is 16.8 Å². The maximum Gasteiger partial charge on any atom is 0.407 e. The summed E-state index contributed by atoms with van der Waals surface area (Å²) in [7, 11) is -10.5. The number of carboxylic acids is 2. The lowest BCUT2D eigenvalue weighted by molar-refractivity contribution is -0.136. The van der Waals surface area contributed by atoms with Gasteiger partial charge in [-0.1, -0.05) is 30.0 Å². The van der Waals surface area contributed by atoms with Crippen molar-refractivity contribution < 1.29 is 79.2 Å². The fraction of sp³-hybridized carbons (Fsp3) is 0.267. The highest BCUT2D eigenvalue weighted by molar-refractivity contribution is 7.87. The number of alkyl carbamates (subject to hydrolysis) is 1. The first-order chi connectivity index (χ1) is 32.2. The van der Waals surface area contributed by atoms with E-state index in [0.29, 0.717) is 27.6 Å². The van der Waals surface area contributed by atoms with Crippen molar-refractivity contribution in [1.82, 2.24) is 21.3 Å². The maximum atomic E-state index is 13.2. The lowest BCUT2D eigenvalue weighted by Gasteiger charge is -2.24. The molecule has 2 aliphatic rings. The lowest BCUT2D eigenvalue weighted by Crippen LogP contribution is -2.51. The summed E-state index contributed by atoms with van der Waals surface area (Å²) in [5.74, 6) is -0.888. The first-order valence-corrected chi connectivity index (χ1v) is 23.3. The predicted octanol–water partition coefficient (Wildman–Crippen LogP) is 2.41. The van der Waals surface area contributed by atoms with Gasteiger partial charge in [0, 0.05) is 65.3 Å². The van der Waals surface area contributed by atoms with Crippen LogP contribution in [0.3, 0.4) is 0 Å². The van der Waals surface area contributed by atoms with Crippen LogP contribution in [0.1, 0.15) is 59.0 Å². The van der Waals surface area contributed by atoms with Gasteiger partial charge in [0.15, 0.2) is 10.7 Å².